The van der Waals surface area contributed by atoms with E-state index < -0.39 is 0 Å². The van der Waals surface area contributed by atoms with E-state index in [9.17, 15) is 0 Å². The van der Waals surface area contributed by atoms with Gasteiger partial charge in [0.15, 0.2) is 0 Å². The molecule has 4 N–H and O–H groups in total. The molecule has 1 aromatic rings. The first-order valence-corrected chi connectivity index (χ1v) is 7.60. The van der Waals surface area contributed by atoms with Crippen molar-refractivity contribution in [2.45, 2.75) is 34.6 Å². The van der Waals surface area contributed by atoms with Crippen molar-refractivity contribution in [3.05, 3.63) is 55.4 Å². The fraction of sp³-hybridized carbons (Fsp3) is 0.278. The zero-order valence-corrected chi connectivity index (χ0v) is 17.6. The topological polar surface area (TPSA) is 143 Å². The van der Waals surface area contributed by atoms with E-state index in [0.29, 0.717) is 22.8 Å². The van der Waals surface area contributed by atoms with Crippen molar-refractivity contribution in [3.63, 3.8) is 0 Å². The van der Waals surface area contributed by atoms with Crippen LogP contribution in [-0.2, 0) is 16.8 Å². The maximum Gasteiger partial charge on any atom is 0.101 e. The molecule has 0 unspecified atom stereocenters. The molecular formula is C18H28CoN5O4-. The van der Waals surface area contributed by atoms with Crippen molar-refractivity contribution in [1.82, 2.24) is 4.98 Å². The van der Waals surface area contributed by atoms with E-state index in [4.69, 9.17) is 20.8 Å². The molecule has 0 saturated heterocycles. The van der Waals surface area contributed by atoms with Gasteiger partial charge in [-0.2, -0.15) is 6.58 Å². The molecule has 1 aromatic heterocycles. The number of aromatic nitrogens is 1. The largest absolute Gasteiger partial charge is 0.411 e. The smallest absolute Gasteiger partial charge is 0.101 e. The number of rotatable bonds is 3. The Morgan fingerprint density at radius 3 is 1.18 bits per heavy atom. The third-order valence-electron chi connectivity index (χ3n) is 2.50. The number of nitrogens with zero attached hydrogens (tertiary/aromatic N) is 5. The maximum absolute atomic E-state index is 8.03. The molecule has 0 amide bonds. The summed E-state index contributed by atoms with van der Waals surface area (Å²) in [7, 11) is 0. The summed E-state index contributed by atoms with van der Waals surface area (Å²) in [6.07, 6.45) is 9.73. The Morgan fingerprint density at radius 2 is 1.11 bits per heavy atom. The summed E-state index contributed by atoms with van der Waals surface area (Å²) in [5.41, 5.74) is 1.25. The van der Waals surface area contributed by atoms with Gasteiger partial charge in [0.1, 0.15) is 22.8 Å². The first-order chi connectivity index (χ1) is 12.9. The standard InChI is InChI=1S/C5H5N.C5H7.2C4H8N2O2.Co/c1-2-4-6-5-3-1;1-3-5-4-2;2*1-3(5-7)4(2)6-8;/h1-5H;4-5H,1H2,2H3;2*7-8H,1-2H3;/q;-1;;;/b;5-4+;5-3+,6-4+;5-3-,6-4+;. The Kier molecular flexibility index (Phi) is 30.6. The minimum atomic E-state index is 0. The van der Waals surface area contributed by atoms with Crippen molar-refractivity contribution in [1.29, 1.82) is 0 Å². The molecule has 1 rings (SSSR count). The Hall–Kier alpha value is -2.98. The fourth-order valence-electron chi connectivity index (χ4n) is 0.720. The number of oxime groups is 4. The third-order valence-corrected chi connectivity index (χ3v) is 2.50. The first-order valence-electron chi connectivity index (χ1n) is 7.60. The van der Waals surface area contributed by atoms with E-state index in [2.05, 4.69) is 38.3 Å². The van der Waals surface area contributed by atoms with Gasteiger partial charge in [0, 0.05) is 29.2 Å². The van der Waals surface area contributed by atoms with Crippen molar-refractivity contribution in [3.8, 4) is 0 Å². The van der Waals surface area contributed by atoms with Crippen LogP contribution >= 0.6 is 0 Å². The second kappa shape index (κ2) is 26.2. The van der Waals surface area contributed by atoms with Crippen molar-refractivity contribution < 1.29 is 37.6 Å². The summed E-state index contributed by atoms with van der Waals surface area (Å²) >= 11 is 0. The molecule has 0 fully saturated rings. The summed E-state index contributed by atoms with van der Waals surface area (Å²) in [5, 5.41) is 43.3. The summed E-state index contributed by atoms with van der Waals surface area (Å²) in [4.78, 5) is 3.78. The van der Waals surface area contributed by atoms with Gasteiger partial charge in [-0.15, -0.1) is 6.92 Å². The van der Waals surface area contributed by atoms with Gasteiger partial charge >= 0.3 is 0 Å². The summed E-state index contributed by atoms with van der Waals surface area (Å²) in [6, 6.07) is 5.72. The van der Waals surface area contributed by atoms with E-state index in [-0.39, 0.29) is 16.8 Å². The molecule has 10 heteroatoms. The Labute approximate surface area is 176 Å². The normalized spacial score (nSPS) is 11.5. The van der Waals surface area contributed by atoms with Gasteiger partial charge in [0.2, 0.25) is 0 Å². The van der Waals surface area contributed by atoms with Crippen LogP contribution in [0.15, 0.2) is 69.9 Å². The Morgan fingerprint density at radius 1 is 0.786 bits per heavy atom. The number of hydrogen-bond donors (Lipinski definition) is 4. The van der Waals surface area contributed by atoms with Gasteiger partial charge in [-0.25, -0.2) is 12.2 Å². The molecule has 28 heavy (non-hydrogen) atoms. The molecule has 1 heterocycles. The van der Waals surface area contributed by atoms with Crippen molar-refractivity contribution in [2.24, 2.45) is 20.6 Å². The monoisotopic (exact) mass is 437 g/mol. The number of pyridine rings is 1. The van der Waals surface area contributed by atoms with Gasteiger partial charge in [-0.05, 0) is 39.8 Å². The van der Waals surface area contributed by atoms with E-state index in [1.54, 1.807) is 18.5 Å². The average molecular weight is 437 g/mol. The van der Waals surface area contributed by atoms with Gasteiger partial charge in [-0.1, -0.05) is 26.7 Å². The summed E-state index contributed by atoms with van der Waals surface area (Å²) < 4.78 is 0. The summed E-state index contributed by atoms with van der Waals surface area (Å²) in [6.45, 7) is 11.4. The summed E-state index contributed by atoms with van der Waals surface area (Å²) in [5.74, 6) is 0. The second-order valence-corrected chi connectivity index (χ2v) is 4.47. The molecule has 0 aliphatic heterocycles. The molecule has 1 radical (unpaired) electrons. The van der Waals surface area contributed by atoms with Gasteiger partial charge < -0.3 is 20.8 Å². The minimum absolute atomic E-state index is 0. The molecule has 0 spiro atoms. The molecule has 0 aliphatic rings. The molecule has 0 atom stereocenters. The van der Waals surface area contributed by atoms with Gasteiger partial charge in [0.25, 0.3) is 0 Å². The van der Waals surface area contributed by atoms with Crippen LogP contribution in [0, 0.1) is 6.08 Å². The van der Waals surface area contributed by atoms with Crippen LogP contribution in [0.4, 0.5) is 0 Å². The number of allylic oxidation sites excluding steroid dienone is 3. The van der Waals surface area contributed by atoms with Crippen LogP contribution in [0.25, 0.3) is 0 Å². The number of hydrogen-bond acceptors (Lipinski definition) is 9. The van der Waals surface area contributed by atoms with E-state index in [1.165, 1.54) is 27.7 Å². The molecule has 0 bridgehead atoms. The fourth-order valence-corrected chi connectivity index (χ4v) is 0.720. The predicted octanol–water partition coefficient (Wildman–Crippen LogP) is 4.00. The van der Waals surface area contributed by atoms with Crippen molar-refractivity contribution in [2.75, 3.05) is 0 Å². The van der Waals surface area contributed by atoms with Crippen molar-refractivity contribution >= 4 is 22.8 Å². The van der Waals surface area contributed by atoms with Gasteiger partial charge in [-0.3, -0.25) is 11.1 Å². The van der Waals surface area contributed by atoms with E-state index in [1.807, 2.05) is 31.2 Å². The van der Waals surface area contributed by atoms with Crippen LogP contribution < -0.4 is 0 Å². The van der Waals surface area contributed by atoms with E-state index >= 15 is 0 Å². The van der Waals surface area contributed by atoms with Crippen LogP contribution in [0.2, 0.25) is 0 Å². The maximum atomic E-state index is 8.03. The third kappa shape index (κ3) is 25.3. The van der Waals surface area contributed by atoms with Crippen LogP contribution in [0.5, 0.6) is 0 Å². The Balaban J connectivity index is -0.000000138. The predicted molar refractivity (Wildman–Crippen MR) is 108 cm³/mol. The second-order valence-electron chi connectivity index (χ2n) is 4.47. The quantitative estimate of drug-likeness (QED) is 0.186. The minimum Gasteiger partial charge on any atom is -0.411 e. The molecule has 159 valence electrons. The molecule has 0 aliphatic carbocycles. The molecule has 9 nitrogen and oxygen atoms in total. The first kappa shape index (κ1) is 32.7. The van der Waals surface area contributed by atoms with E-state index in [0.717, 1.165) is 0 Å². The van der Waals surface area contributed by atoms with Crippen LogP contribution in [-0.4, -0.2) is 48.7 Å². The Bertz CT molecular complexity index is 539. The molecule has 0 saturated carbocycles. The zero-order chi connectivity index (χ0) is 21.5. The van der Waals surface area contributed by atoms with Crippen LogP contribution in [0.3, 0.4) is 0 Å². The average Bonchev–Trinajstić information content (AvgIpc) is 2.74. The zero-order valence-electron chi connectivity index (χ0n) is 16.6. The molecule has 0 aromatic carbocycles. The SMILES string of the molecule is C=[C-]/C=C/C.CC(=N/O)/C(C)=N/O.CC(=N\O)/C(C)=N/O.[Co].c1ccncc1. The molecular weight excluding hydrogens is 409 g/mol. The van der Waals surface area contributed by atoms with Gasteiger partial charge in [0.05, 0.1) is 0 Å². The van der Waals surface area contributed by atoms with Crippen LogP contribution in [0.1, 0.15) is 34.6 Å².